The molecule has 106 valence electrons. The largest absolute Gasteiger partial charge is 0.493 e. The molecule has 0 amide bonds. The van der Waals surface area contributed by atoms with E-state index in [4.69, 9.17) is 21.1 Å². The van der Waals surface area contributed by atoms with Crippen LogP contribution < -0.4 is 9.47 Å². The molecule has 2 rings (SSSR count). The molecule has 0 aliphatic heterocycles. The van der Waals surface area contributed by atoms with E-state index in [0.717, 1.165) is 29.1 Å². The minimum atomic E-state index is 0.488. The van der Waals surface area contributed by atoms with Crippen LogP contribution in [0, 0.1) is 6.92 Å². The van der Waals surface area contributed by atoms with Crippen LogP contribution in [-0.4, -0.2) is 24.2 Å². The van der Waals surface area contributed by atoms with Gasteiger partial charge in [0.1, 0.15) is 11.0 Å². The second kappa shape index (κ2) is 6.09. The second-order valence-electron chi connectivity index (χ2n) is 4.33. The van der Waals surface area contributed by atoms with E-state index in [1.807, 2.05) is 32.0 Å². The van der Waals surface area contributed by atoms with Crippen LogP contribution in [0.2, 0.25) is 5.15 Å². The third-order valence-corrected chi connectivity index (χ3v) is 3.47. The van der Waals surface area contributed by atoms with Gasteiger partial charge in [0.25, 0.3) is 0 Å². The number of methoxy groups -OCH3 is 2. The van der Waals surface area contributed by atoms with Crippen LogP contribution in [0.25, 0.3) is 11.3 Å². The smallest absolute Gasteiger partial charge is 0.161 e. The topological polar surface area (TPSA) is 44.2 Å². The Kier molecular flexibility index (Phi) is 4.45. The fraction of sp³-hybridized carbons (Fsp3) is 0.333. The predicted molar refractivity (Wildman–Crippen MR) is 79.7 cm³/mol. The molecule has 0 radical (unpaired) electrons. The van der Waals surface area contributed by atoms with Crippen LogP contribution in [0.3, 0.4) is 0 Å². The fourth-order valence-electron chi connectivity index (χ4n) is 1.96. The first-order valence-corrected chi connectivity index (χ1v) is 6.73. The number of ether oxygens (including phenoxy) is 2. The van der Waals surface area contributed by atoms with Crippen molar-refractivity contribution in [3.05, 3.63) is 34.7 Å². The molecule has 4 nitrogen and oxygen atoms in total. The number of aryl methyl sites for hydroxylation is 1. The minimum Gasteiger partial charge on any atom is -0.493 e. The van der Waals surface area contributed by atoms with E-state index in [1.54, 1.807) is 14.2 Å². The zero-order valence-electron chi connectivity index (χ0n) is 12.0. The Morgan fingerprint density at radius 3 is 2.40 bits per heavy atom. The lowest BCUT2D eigenvalue weighted by Crippen LogP contribution is -2.00. The van der Waals surface area contributed by atoms with E-state index in [-0.39, 0.29) is 0 Å². The van der Waals surface area contributed by atoms with Crippen LogP contribution in [0.5, 0.6) is 11.5 Å². The average Bonchev–Trinajstić information content (AvgIpc) is 2.49. The van der Waals surface area contributed by atoms with E-state index >= 15 is 0 Å². The third kappa shape index (κ3) is 2.70. The summed E-state index contributed by atoms with van der Waals surface area (Å²) < 4.78 is 10.6. The van der Waals surface area contributed by atoms with Crippen molar-refractivity contribution in [1.29, 1.82) is 0 Å². The summed E-state index contributed by atoms with van der Waals surface area (Å²) in [4.78, 5) is 8.81. The molecule has 0 atom stereocenters. The van der Waals surface area contributed by atoms with Gasteiger partial charge in [-0.1, -0.05) is 18.5 Å². The molecule has 0 fully saturated rings. The standard InChI is InChI=1S/C15H17ClN2O2/c1-5-13-17-14(9(2)15(16)18-13)10-6-7-11(19-3)12(8-10)20-4/h6-8H,5H2,1-4H3. The summed E-state index contributed by atoms with van der Waals surface area (Å²) in [6.07, 6.45) is 0.736. The summed E-state index contributed by atoms with van der Waals surface area (Å²) in [6, 6.07) is 5.69. The Hall–Kier alpha value is -1.81. The molecular weight excluding hydrogens is 276 g/mol. The van der Waals surface area contributed by atoms with Crippen LogP contribution in [0.4, 0.5) is 0 Å². The van der Waals surface area contributed by atoms with Crippen LogP contribution in [-0.2, 0) is 6.42 Å². The number of aromatic nitrogens is 2. The molecule has 0 bridgehead atoms. The molecule has 1 aromatic heterocycles. The van der Waals surface area contributed by atoms with Gasteiger partial charge in [-0.3, -0.25) is 0 Å². The number of rotatable bonds is 4. The van der Waals surface area contributed by atoms with Crippen LogP contribution in [0.15, 0.2) is 18.2 Å². The molecule has 1 aromatic carbocycles. The first-order chi connectivity index (χ1) is 9.60. The van der Waals surface area contributed by atoms with Crippen molar-refractivity contribution in [2.24, 2.45) is 0 Å². The Labute approximate surface area is 123 Å². The molecule has 0 unspecified atom stereocenters. The van der Waals surface area contributed by atoms with Gasteiger partial charge in [-0.2, -0.15) is 0 Å². The molecule has 0 spiro atoms. The fourth-order valence-corrected chi connectivity index (χ4v) is 2.14. The van der Waals surface area contributed by atoms with Gasteiger partial charge in [0.2, 0.25) is 0 Å². The molecule has 2 aromatic rings. The number of halogens is 1. The average molecular weight is 293 g/mol. The molecule has 0 aliphatic rings. The van der Waals surface area contributed by atoms with E-state index in [1.165, 1.54) is 0 Å². The molecule has 5 heteroatoms. The molecule has 20 heavy (non-hydrogen) atoms. The maximum atomic E-state index is 6.17. The lowest BCUT2D eigenvalue weighted by molar-refractivity contribution is 0.355. The Bertz CT molecular complexity index is 630. The quantitative estimate of drug-likeness (QED) is 0.806. The zero-order valence-corrected chi connectivity index (χ0v) is 12.8. The SMILES string of the molecule is CCc1nc(Cl)c(C)c(-c2ccc(OC)c(OC)c2)n1. The molecule has 0 N–H and O–H groups in total. The lowest BCUT2D eigenvalue weighted by atomic mass is 10.1. The monoisotopic (exact) mass is 292 g/mol. The molecule has 1 heterocycles. The highest BCUT2D eigenvalue weighted by molar-refractivity contribution is 6.30. The summed E-state index contributed by atoms with van der Waals surface area (Å²) in [6.45, 7) is 3.91. The normalized spacial score (nSPS) is 10.4. The predicted octanol–water partition coefficient (Wildman–Crippen LogP) is 3.69. The Morgan fingerprint density at radius 2 is 1.80 bits per heavy atom. The summed E-state index contributed by atoms with van der Waals surface area (Å²) in [5.74, 6) is 2.08. The van der Waals surface area contributed by atoms with E-state index in [0.29, 0.717) is 16.7 Å². The van der Waals surface area contributed by atoms with Crippen LogP contribution in [0.1, 0.15) is 18.3 Å². The van der Waals surface area contributed by atoms with Gasteiger partial charge in [0.05, 0.1) is 19.9 Å². The van der Waals surface area contributed by atoms with Gasteiger partial charge in [-0.25, -0.2) is 9.97 Å². The summed E-state index contributed by atoms with van der Waals surface area (Å²) in [5.41, 5.74) is 2.61. The van der Waals surface area contributed by atoms with Gasteiger partial charge in [0.15, 0.2) is 11.5 Å². The lowest BCUT2D eigenvalue weighted by Gasteiger charge is -2.12. The summed E-state index contributed by atoms with van der Waals surface area (Å²) in [5, 5.41) is 0.488. The minimum absolute atomic E-state index is 0.488. The van der Waals surface area contributed by atoms with Crippen LogP contribution >= 0.6 is 11.6 Å². The number of hydrogen-bond donors (Lipinski definition) is 0. The zero-order chi connectivity index (χ0) is 14.7. The molecule has 0 saturated carbocycles. The van der Waals surface area contributed by atoms with Crippen molar-refractivity contribution in [3.63, 3.8) is 0 Å². The molecular formula is C15H17ClN2O2. The Balaban J connectivity index is 2.59. The highest BCUT2D eigenvalue weighted by Gasteiger charge is 2.13. The van der Waals surface area contributed by atoms with E-state index < -0.39 is 0 Å². The van der Waals surface area contributed by atoms with Gasteiger partial charge >= 0.3 is 0 Å². The maximum Gasteiger partial charge on any atom is 0.161 e. The Morgan fingerprint density at radius 1 is 1.10 bits per heavy atom. The highest BCUT2D eigenvalue weighted by Crippen LogP contribution is 2.33. The van der Waals surface area contributed by atoms with Crippen molar-refractivity contribution in [3.8, 4) is 22.8 Å². The van der Waals surface area contributed by atoms with Gasteiger partial charge in [0, 0.05) is 17.5 Å². The van der Waals surface area contributed by atoms with E-state index in [9.17, 15) is 0 Å². The third-order valence-electron chi connectivity index (χ3n) is 3.11. The van der Waals surface area contributed by atoms with Gasteiger partial charge < -0.3 is 9.47 Å². The first kappa shape index (κ1) is 14.6. The maximum absolute atomic E-state index is 6.17. The van der Waals surface area contributed by atoms with Crippen molar-refractivity contribution in [2.45, 2.75) is 20.3 Å². The number of benzene rings is 1. The van der Waals surface area contributed by atoms with Crippen molar-refractivity contribution < 1.29 is 9.47 Å². The molecule has 0 aliphatic carbocycles. The first-order valence-electron chi connectivity index (χ1n) is 6.36. The van der Waals surface area contributed by atoms with Gasteiger partial charge in [-0.15, -0.1) is 0 Å². The number of hydrogen-bond acceptors (Lipinski definition) is 4. The number of nitrogens with zero attached hydrogens (tertiary/aromatic N) is 2. The van der Waals surface area contributed by atoms with Crippen molar-refractivity contribution in [2.75, 3.05) is 14.2 Å². The van der Waals surface area contributed by atoms with E-state index in [2.05, 4.69) is 9.97 Å². The van der Waals surface area contributed by atoms with Crippen molar-refractivity contribution >= 4 is 11.6 Å². The highest BCUT2D eigenvalue weighted by atomic mass is 35.5. The van der Waals surface area contributed by atoms with Crippen molar-refractivity contribution in [1.82, 2.24) is 9.97 Å². The van der Waals surface area contributed by atoms with Gasteiger partial charge in [-0.05, 0) is 25.1 Å². The molecule has 0 saturated heterocycles. The second-order valence-corrected chi connectivity index (χ2v) is 4.69. The summed E-state index contributed by atoms with van der Waals surface area (Å²) in [7, 11) is 3.22. The summed E-state index contributed by atoms with van der Waals surface area (Å²) >= 11 is 6.17.